The molecule has 0 spiro atoms. The third kappa shape index (κ3) is 2.72. The summed E-state index contributed by atoms with van der Waals surface area (Å²) in [5.74, 6) is 0. The molecule has 0 amide bonds. The third-order valence-electron chi connectivity index (χ3n) is 1.54. The van der Waals surface area contributed by atoms with Gasteiger partial charge in [-0.15, -0.1) is 0 Å². The van der Waals surface area contributed by atoms with Crippen LogP contribution in [0.4, 0.5) is 0 Å². The molecule has 0 bridgehead atoms. The van der Waals surface area contributed by atoms with Crippen molar-refractivity contribution in [1.29, 1.82) is 0 Å². The van der Waals surface area contributed by atoms with E-state index < -0.39 is 0 Å². The Bertz CT molecular complexity index is 234. The Labute approximate surface area is 77.2 Å². The van der Waals surface area contributed by atoms with Crippen LogP contribution in [0.15, 0.2) is 33.9 Å². The van der Waals surface area contributed by atoms with Gasteiger partial charge in [0.2, 0.25) is 0 Å². The van der Waals surface area contributed by atoms with Crippen LogP contribution in [0, 0.1) is 0 Å². The Balaban J connectivity index is 2.91. The molecule has 0 unspecified atom stereocenters. The molecule has 0 heterocycles. The number of hydrogen-bond acceptors (Lipinski definition) is 0. The van der Waals surface area contributed by atoms with E-state index in [0.717, 1.165) is 12.8 Å². The van der Waals surface area contributed by atoms with Gasteiger partial charge in [-0.2, -0.15) is 0 Å². The van der Waals surface area contributed by atoms with Gasteiger partial charge in [-0.3, -0.25) is 0 Å². The van der Waals surface area contributed by atoms with E-state index in [0.29, 0.717) is 10.1 Å². The maximum Gasteiger partial charge on any atom is 0.0591 e. The lowest BCUT2D eigenvalue weighted by molar-refractivity contribution is 1.03. The minimum Gasteiger partial charge on any atom is -0.0831 e. The lowest BCUT2D eigenvalue weighted by Crippen LogP contribution is -1.81. The fourth-order valence-corrected chi connectivity index (χ4v) is 1.36. The zero-order valence-electron chi connectivity index (χ0n) is 6.40. The summed E-state index contributed by atoms with van der Waals surface area (Å²) < 4.78 is 0. The van der Waals surface area contributed by atoms with Crippen molar-refractivity contribution in [1.82, 2.24) is 0 Å². The zero-order valence-corrected chi connectivity index (χ0v) is 7.91. The van der Waals surface area contributed by atoms with Gasteiger partial charge in [-0.1, -0.05) is 40.9 Å². The second-order valence-corrected chi connectivity index (χ2v) is 3.38. The van der Waals surface area contributed by atoms with Crippen LogP contribution in [-0.4, -0.2) is 0 Å². The molecule has 0 N–H and O–H groups in total. The molecular formula is C9H10Cl2. The van der Waals surface area contributed by atoms with Crippen LogP contribution in [0.25, 0.3) is 0 Å². The van der Waals surface area contributed by atoms with Gasteiger partial charge in [0.25, 0.3) is 0 Å². The van der Waals surface area contributed by atoms with Gasteiger partial charge in [0.15, 0.2) is 0 Å². The summed E-state index contributed by atoms with van der Waals surface area (Å²) in [4.78, 5) is 0. The molecule has 0 fully saturated rings. The first-order valence-electron chi connectivity index (χ1n) is 3.60. The Hall–Kier alpha value is -0.200. The lowest BCUT2D eigenvalue weighted by Gasteiger charge is -2.01. The summed E-state index contributed by atoms with van der Waals surface area (Å²) in [7, 11) is 0. The minimum atomic E-state index is 0.639. The summed E-state index contributed by atoms with van der Waals surface area (Å²) in [6.45, 7) is 2.03. The first kappa shape index (κ1) is 8.89. The summed E-state index contributed by atoms with van der Waals surface area (Å²) in [5.41, 5.74) is 1.18. The summed E-state index contributed by atoms with van der Waals surface area (Å²) in [5, 5.41) is 1.30. The van der Waals surface area contributed by atoms with Crippen LogP contribution in [0.5, 0.6) is 0 Å². The maximum atomic E-state index is 5.86. The van der Waals surface area contributed by atoms with Crippen molar-refractivity contribution in [3.05, 3.63) is 33.9 Å². The molecule has 60 valence electrons. The average molecular weight is 189 g/mol. The first-order valence-corrected chi connectivity index (χ1v) is 4.36. The minimum absolute atomic E-state index is 0.639. The summed E-state index contributed by atoms with van der Waals surface area (Å²) >= 11 is 11.7. The number of hydrogen-bond donors (Lipinski definition) is 0. The maximum absolute atomic E-state index is 5.86. The van der Waals surface area contributed by atoms with Crippen molar-refractivity contribution in [2.75, 3.05) is 0 Å². The Morgan fingerprint density at radius 1 is 1.09 bits per heavy atom. The third-order valence-corrected chi connectivity index (χ3v) is 2.31. The van der Waals surface area contributed by atoms with Gasteiger partial charge >= 0.3 is 0 Å². The monoisotopic (exact) mass is 188 g/mol. The van der Waals surface area contributed by atoms with E-state index in [1.165, 1.54) is 5.57 Å². The van der Waals surface area contributed by atoms with Crippen LogP contribution < -0.4 is 0 Å². The van der Waals surface area contributed by atoms with Crippen molar-refractivity contribution in [2.45, 2.75) is 19.8 Å². The molecule has 0 radical (unpaired) electrons. The second-order valence-electron chi connectivity index (χ2n) is 2.57. The highest BCUT2D eigenvalue weighted by Gasteiger charge is 2.00. The van der Waals surface area contributed by atoms with E-state index in [4.69, 9.17) is 23.2 Å². The smallest absolute Gasteiger partial charge is 0.0591 e. The lowest BCUT2D eigenvalue weighted by atomic mass is 10.1. The van der Waals surface area contributed by atoms with E-state index in [1.54, 1.807) is 0 Å². The van der Waals surface area contributed by atoms with Crippen molar-refractivity contribution < 1.29 is 0 Å². The SMILES string of the molecule is CC1=C/CC/C=C(Cl)/C(Cl)=C\1. The molecule has 2 heteroatoms. The van der Waals surface area contributed by atoms with E-state index in [9.17, 15) is 0 Å². The quantitative estimate of drug-likeness (QED) is 0.540. The highest BCUT2D eigenvalue weighted by Crippen LogP contribution is 2.23. The van der Waals surface area contributed by atoms with Crippen molar-refractivity contribution in [2.24, 2.45) is 0 Å². The Morgan fingerprint density at radius 3 is 2.45 bits per heavy atom. The molecular weight excluding hydrogens is 179 g/mol. The molecule has 0 aromatic carbocycles. The average Bonchev–Trinajstić information content (AvgIpc) is 1.95. The van der Waals surface area contributed by atoms with Crippen LogP contribution in [0.3, 0.4) is 0 Å². The Morgan fingerprint density at radius 2 is 1.73 bits per heavy atom. The van der Waals surface area contributed by atoms with Crippen molar-refractivity contribution in [3.8, 4) is 0 Å². The molecule has 0 aromatic heterocycles. The van der Waals surface area contributed by atoms with Crippen molar-refractivity contribution >= 4 is 23.2 Å². The van der Waals surface area contributed by atoms with E-state index in [2.05, 4.69) is 6.08 Å². The first-order chi connectivity index (χ1) is 5.20. The van der Waals surface area contributed by atoms with Crippen molar-refractivity contribution in [3.63, 3.8) is 0 Å². The highest BCUT2D eigenvalue weighted by atomic mass is 35.5. The summed E-state index contributed by atoms with van der Waals surface area (Å²) in [6.07, 6.45) is 8.01. The molecule has 1 aliphatic carbocycles. The molecule has 0 saturated carbocycles. The zero-order chi connectivity index (χ0) is 8.27. The molecule has 0 saturated heterocycles. The highest BCUT2D eigenvalue weighted by molar-refractivity contribution is 6.44. The molecule has 0 aromatic rings. The fraction of sp³-hybridized carbons (Fsp3) is 0.333. The van der Waals surface area contributed by atoms with E-state index in [-0.39, 0.29) is 0 Å². The topological polar surface area (TPSA) is 0 Å². The molecule has 0 nitrogen and oxygen atoms in total. The van der Waals surface area contributed by atoms with Crippen LogP contribution in [0.1, 0.15) is 19.8 Å². The van der Waals surface area contributed by atoms with Crippen LogP contribution in [0.2, 0.25) is 0 Å². The van der Waals surface area contributed by atoms with Gasteiger partial charge < -0.3 is 0 Å². The number of allylic oxidation sites excluding steroid dienone is 6. The standard InChI is InChI=1S/C9H10Cl2/c1-7-4-2-3-5-8(10)9(11)6-7/h4-6H,2-3H2,1H3/b7-4-,8-5-,9-6+. The van der Waals surface area contributed by atoms with E-state index in [1.807, 2.05) is 19.1 Å². The van der Waals surface area contributed by atoms with Gasteiger partial charge in [-0.05, 0) is 25.8 Å². The predicted octanol–water partition coefficient (Wildman–Crippen LogP) is 3.97. The molecule has 1 rings (SSSR count). The fourth-order valence-electron chi connectivity index (χ4n) is 0.946. The molecule has 0 atom stereocenters. The van der Waals surface area contributed by atoms with E-state index >= 15 is 0 Å². The number of halogens is 2. The van der Waals surface area contributed by atoms with Gasteiger partial charge in [-0.25, -0.2) is 0 Å². The van der Waals surface area contributed by atoms with Gasteiger partial charge in [0, 0.05) is 0 Å². The molecule has 11 heavy (non-hydrogen) atoms. The normalized spacial score (nSPS) is 33.5. The second kappa shape index (κ2) is 3.99. The Kier molecular flexibility index (Phi) is 3.22. The van der Waals surface area contributed by atoms with Crippen LogP contribution >= 0.6 is 23.2 Å². The van der Waals surface area contributed by atoms with Crippen LogP contribution in [-0.2, 0) is 0 Å². The number of rotatable bonds is 0. The molecule has 1 aliphatic rings. The molecule has 0 aliphatic heterocycles. The predicted molar refractivity (Wildman–Crippen MR) is 50.9 cm³/mol. The summed E-state index contributed by atoms with van der Waals surface area (Å²) in [6, 6.07) is 0. The van der Waals surface area contributed by atoms with Gasteiger partial charge in [0.05, 0.1) is 10.1 Å². The van der Waals surface area contributed by atoms with Gasteiger partial charge in [0.1, 0.15) is 0 Å². The largest absolute Gasteiger partial charge is 0.0831 e.